The number of carbonyl (C=O) groups is 1. The molecule has 0 aliphatic carbocycles. The maximum absolute atomic E-state index is 11.8. The molecule has 0 radical (unpaired) electrons. The number of anilines is 1. The predicted molar refractivity (Wildman–Crippen MR) is 115 cm³/mol. The number of hydrogen-bond donors (Lipinski definition) is 1. The van der Waals surface area contributed by atoms with Gasteiger partial charge in [-0.25, -0.2) is 0 Å². The monoisotopic (exact) mass is 373 g/mol. The number of amides is 1. The van der Waals surface area contributed by atoms with E-state index in [-0.39, 0.29) is 5.91 Å². The standard InChI is InChI=1S/C23H39N3O/c1-3-4-5-6-7-13-23(27)24-14-8-9-15-25-16-18-26(19-17-25)22-12-10-11-21(2)20-22/h10-12,20H,3-9,13-19H2,1-2H3,(H,24,27). The van der Waals surface area contributed by atoms with Gasteiger partial charge in [-0.1, -0.05) is 44.7 Å². The van der Waals surface area contributed by atoms with E-state index in [1.54, 1.807) is 0 Å². The van der Waals surface area contributed by atoms with Crippen molar-refractivity contribution in [3.05, 3.63) is 29.8 Å². The molecule has 4 nitrogen and oxygen atoms in total. The van der Waals surface area contributed by atoms with Gasteiger partial charge in [-0.2, -0.15) is 0 Å². The topological polar surface area (TPSA) is 35.6 Å². The van der Waals surface area contributed by atoms with E-state index < -0.39 is 0 Å². The molecule has 1 fully saturated rings. The van der Waals surface area contributed by atoms with Crippen LogP contribution >= 0.6 is 0 Å². The molecule has 152 valence electrons. The number of nitrogens with zero attached hydrogens (tertiary/aromatic N) is 2. The average Bonchev–Trinajstić information content (AvgIpc) is 2.68. The molecule has 1 aliphatic rings. The van der Waals surface area contributed by atoms with E-state index in [9.17, 15) is 4.79 Å². The minimum Gasteiger partial charge on any atom is -0.369 e. The van der Waals surface area contributed by atoms with Crippen LogP contribution < -0.4 is 10.2 Å². The molecule has 1 aliphatic heterocycles. The van der Waals surface area contributed by atoms with Crippen molar-refractivity contribution in [3.8, 4) is 0 Å². The van der Waals surface area contributed by atoms with Gasteiger partial charge in [0.1, 0.15) is 0 Å². The molecule has 0 atom stereocenters. The lowest BCUT2D eigenvalue weighted by Crippen LogP contribution is -2.46. The van der Waals surface area contributed by atoms with Crippen LogP contribution in [-0.2, 0) is 4.79 Å². The van der Waals surface area contributed by atoms with Crippen LogP contribution in [-0.4, -0.2) is 50.1 Å². The van der Waals surface area contributed by atoms with Crippen LogP contribution in [0, 0.1) is 6.92 Å². The summed E-state index contributed by atoms with van der Waals surface area (Å²) in [5.74, 6) is 0.235. The molecular weight excluding hydrogens is 334 g/mol. The SMILES string of the molecule is CCCCCCCC(=O)NCCCCN1CCN(c2cccc(C)c2)CC1. The molecule has 2 rings (SSSR count). The van der Waals surface area contributed by atoms with Crippen molar-refractivity contribution in [1.29, 1.82) is 0 Å². The Bertz CT molecular complexity index is 538. The summed E-state index contributed by atoms with van der Waals surface area (Å²) in [5, 5.41) is 3.08. The van der Waals surface area contributed by atoms with Crippen molar-refractivity contribution < 1.29 is 4.79 Å². The third kappa shape index (κ3) is 8.79. The van der Waals surface area contributed by atoms with E-state index >= 15 is 0 Å². The van der Waals surface area contributed by atoms with Crippen LogP contribution in [0.5, 0.6) is 0 Å². The van der Waals surface area contributed by atoms with Crippen LogP contribution in [0.2, 0.25) is 0 Å². The first-order chi connectivity index (χ1) is 13.2. The van der Waals surface area contributed by atoms with E-state index in [1.165, 1.54) is 43.4 Å². The molecule has 1 aromatic rings. The highest BCUT2D eigenvalue weighted by Crippen LogP contribution is 2.17. The second kappa shape index (κ2) is 12.8. The molecular formula is C23H39N3O. The van der Waals surface area contributed by atoms with Crippen LogP contribution in [0.3, 0.4) is 0 Å². The quantitative estimate of drug-likeness (QED) is 0.553. The van der Waals surface area contributed by atoms with Crippen LogP contribution in [0.25, 0.3) is 0 Å². The second-order valence-electron chi connectivity index (χ2n) is 7.89. The largest absolute Gasteiger partial charge is 0.369 e. The Hall–Kier alpha value is -1.55. The molecule has 1 N–H and O–H groups in total. The van der Waals surface area contributed by atoms with Gasteiger partial charge in [0.15, 0.2) is 0 Å². The summed E-state index contributed by atoms with van der Waals surface area (Å²) in [5.41, 5.74) is 2.69. The normalized spacial score (nSPS) is 15.1. The third-order valence-electron chi connectivity index (χ3n) is 5.47. The Balaban J connectivity index is 1.48. The average molecular weight is 374 g/mol. The lowest BCUT2D eigenvalue weighted by Gasteiger charge is -2.36. The Kier molecular flexibility index (Phi) is 10.3. The first kappa shape index (κ1) is 21.7. The maximum Gasteiger partial charge on any atom is 0.219 e. The fraction of sp³-hybridized carbons (Fsp3) is 0.696. The van der Waals surface area contributed by atoms with Gasteiger partial charge in [-0.15, -0.1) is 0 Å². The second-order valence-corrected chi connectivity index (χ2v) is 7.89. The first-order valence-corrected chi connectivity index (χ1v) is 11.0. The molecule has 1 saturated heterocycles. The zero-order valence-electron chi connectivity index (χ0n) is 17.5. The highest BCUT2D eigenvalue weighted by Gasteiger charge is 2.16. The molecule has 1 amide bonds. The summed E-state index contributed by atoms with van der Waals surface area (Å²) in [6, 6.07) is 8.80. The van der Waals surface area contributed by atoms with Crippen molar-refractivity contribution in [2.45, 2.75) is 65.2 Å². The summed E-state index contributed by atoms with van der Waals surface area (Å²) in [6.45, 7) is 10.8. The van der Waals surface area contributed by atoms with E-state index in [2.05, 4.69) is 53.2 Å². The van der Waals surface area contributed by atoms with Gasteiger partial charge in [-0.3, -0.25) is 9.69 Å². The van der Waals surface area contributed by atoms with Gasteiger partial charge < -0.3 is 10.2 Å². The number of rotatable bonds is 12. The summed E-state index contributed by atoms with van der Waals surface area (Å²) in [6.07, 6.45) is 8.99. The van der Waals surface area contributed by atoms with Crippen LogP contribution in [0.4, 0.5) is 5.69 Å². The third-order valence-corrected chi connectivity index (χ3v) is 5.47. The predicted octanol–water partition coefficient (Wildman–Crippen LogP) is 4.37. The van der Waals surface area contributed by atoms with Crippen molar-refractivity contribution in [1.82, 2.24) is 10.2 Å². The maximum atomic E-state index is 11.8. The number of benzene rings is 1. The Morgan fingerprint density at radius 2 is 1.78 bits per heavy atom. The number of nitrogens with one attached hydrogen (secondary N) is 1. The zero-order chi connectivity index (χ0) is 19.3. The summed E-state index contributed by atoms with van der Waals surface area (Å²) in [7, 11) is 0. The van der Waals surface area contributed by atoms with E-state index in [4.69, 9.17) is 0 Å². The number of aryl methyl sites for hydroxylation is 1. The molecule has 4 heteroatoms. The smallest absolute Gasteiger partial charge is 0.219 e. The Morgan fingerprint density at radius 3 is 2.52 bits per heavy atom. The van der Waals surface area contributed by atoms with Crippen molar-refractivity contribution in [2.24, 2.45) is 0 Å². The lowest BCUT2D eigenvalue weighted by atomic mass is 10.1. The van der Waals surface area contributed by atoms with Gasteiger partial charge in [0, 0.05) is 44.8 Å². The van der Waals surface area contributed by atoms with E-state index in [0.29, 0.717) is 6.42 Å². The number of hydrogen-bond acceptors (Lipinski definition) is 3. The minimum absolute atomic E-state index is 0.235. The van der Waals surface area contributed by atoms with Gasteiger partial charge in [-0.05, 0) is 50.4 Å². The van der Waals surface area contributed by atoms with Gasteiger partial charge in [0.25, 0.3) is 0 Å². The highest BCUT2D eigenvalue weighted by molar-refractivity contribution is 5.75. The number of piperazine rings is 1. The molecule has 0 bridgehead atoms. The first-order valence-electron chi connectivity index (χ1n) is 11.0. The number of unbranched alkanes of at least 4 members (excludes halogenated alkanes) is 5. The van der Waals surface area contributed by atoms with Crippen molar-refractivity contribution in [2.75, 3.05) is 44.2 Å². The van der Waals surface area contributed by atoms with E-state index in [1.807, 2.05) is 0 Å². The summed E-state index contributed by atoms with van der Waals surface area (Å²) in [4.78, 5) is 16.9. The van der Waals surface area contributed by atoms with Crippen molar-refractivity contribution in [3.63, 3.8) is 0 Å². The molecule has 0 saturated carbocycles. The highest BCUT2D eigenvalue weighted by atomic mass is 16.1. The molecule has 1 aromatic carbocycles. The van der Waals surface area contributed by atoms with Gasteiger partial charge in [0.05, 0.1) is 0 Å². The molecule has 0 aromatic heterocycles. The van der Waals surface area contributed by atoms with Gasteiger partial charge in [0.2, 0.25) is 5.91 Å². The Labute approximate surface area is 166 Å². The van der Waals surface area contributed by atoms with Crippen LogP contribution in [0.15, 0.2) is 24.3 Å². The number of carbonyl (C=O) groups excluding carboxylic acids is 1. The Morgan fingerprint density at radius 1 is 1.00 bits per heavy atom. The summed E-state index contributed by atoms with van der Waals surface area (Å²) < 4.78 is 0. The fourth-order valence-electron chi connectivity index (χ4n) is 3.72. The zero-order valence-corrected chi connectivity index (χ0v) is 17.5. The van der Waals surface area contributed by atoms with E-state index in [0.717, 1.165) is 52.1 Å². The van der Waals surface area contributed by atoms with Gasteiger partial charge >= 0.3 is 0 Å². The fourth-order valence-corrected chi connectivity index (χ4v) is 3.72. The van der Waals surface area contributed by atoms with Crippen LogP contribution in [0.1, 0.15) is 63.9 Å². The molecule has 0 unspecified atom stereocenters. The molecule has 1 heterocycles. The molecule has 0 spiro atoms. The molecule has 27 heavy (non-hydrogen) atoms. The summed E-state index contributed by atoms with van der Waals surface area (Å²) >= 11 is 0. The van der Waals surface area contributed by atoms with Crippen molar-refractivity contribution >= 4 is 11.6 Å². The lowest BCUT2D eigenvalue weighted by molar-refractivity contribution is -0.121. The minimum atomic E-state index is 0.235.